The van der Waals surface area contributed by atoms with Crippen LogP contribution in [0.5, 0.6) is 0 Å². The molecule has 8 heteroatoms. The first-order valence-corrected chi connectivity index (χ1v) is 6.50. The predicted molar refractivity (Wildman–Crippen MR) is 53.2 cm³/mol. The molecule has 2 N–H and O–H groups in total. The maximum absolute atomic E-state index is 11.5. The fourth-order valence-corrected chi connectivity index (χ4v) is 3.27. The van der Waals surface area contributed by atoms with E-state index in [1.807, 2.05) is 5.48 Å². The normalized spacial score (nSPS) is 23.6. The van der Waals surface area contributed by atoms with Crippen molar-refractivity contribution in [2.24, 2.45) is 0 Å². The van der Waals surface area contributed by atoms with Gasteiger partial charge in [0.1, 0.15) is 5.25 Å². The zero-order chi connectivity index (χ0) is 12.2. The van der Waals surface area contributed by atoms with E-state index in [0.717, 1.165) is 0 Å². The summed E-state index contributed by atoms with van der Waals surface area (Å²) in [5.74, 6) is -2.04. The van der Waals surface area contributed by atoms with Crippen molar-refractivity contribution in [1.29, 1.82) is 0 Å². The largest absolute Gasteiger partial charge is 0.479 e. The van der Waals surface area contributed by atoms with Crippen molar-refractivity contribution in [2.75, 3.05) is 12.4 Å². The fraction of sp³-hybridized carbons (Fsp3) is 0.750. The lowest BCUT2D eigenvalue weighted by Gasteiger charge is -2.20. The van der Waals surface area contributed by atoms with Crippen molar-refractivity contribution in [3.8, 4) is 0 Å². The van der Waals surface area contributed by atoms with Gasteiger partial charge < -0.3 is 5.11 Å². The molecular formula is C8H13NO6S. The van der Waals surface area contributed by atoms with Crippen molar-refractivity contribution >= 4 is 21.7 Å². The fourth-order valence-electron chi connectivity index (χ4n) is 1.48. The molecule has 1 rings (SSSR count). The number of hydrogen-bond acceptors (Lipinski definition) is 5. The Morgan fingerprint density at radius 2 is 2.06 bits per heavy atom. The standard InChI is InChI=1S/C8H13NO6S/c10-7(11)5-15-9-8(12)6-3-1-2-4-16(6,13)14/h6H,1-5H2,(H,9,12)(H,10,11). The first-order valence-electron chi connectivity index (χ1n) is 4.78. The minimum Gasteiger partial charge on any atom is -0.479 e. The molecule has 0 spiro atoms. The van der Waals surface area contributed by atoms with Crippen molar-refractivity contribution < 1.29 is 28.0 Å². The molecular weight excluding hydrogens is 238 g/mol. The number of carbonyl (C=O) groups is 2. The lowest BCUT2D eigenvalue weighted by Crippen LogP contribution is -2.43. The molecule has 92 valence electrons. The summed E-state index contributed by atoms with van der Waals surface area (Å²) in [6.45, 7) is -0.696. The van der Waals surface area contributed by atoms with E-state index in [4.69, 9.17) is 5.11 Å². The summed E-state index contributed by atoms with van der Waals surface area (Å²) < 4.78 is 23.0. The first-order chi connectivity index (χ1) is 7.43. The van der Waals surface area contributed by atoms with Crippen LogP contribution in [0.4, 0.5) is 0 Å². The lowest BCUT2D eigenvalue weighted by atomic mass is 10.2. The Morgan fingerprint density at radius 3 is 2.62 bits per heavy atom. The first kappa shape index (κ1) is 12.9. The third-order valence-corrected chi connectivity index (χ3v) is 4.41. The van der Waals surface area contributed by atoms with Gasteiger partial charge in [0.15, 0.2) is 16.4 Å². The zero-order valence-corrected chi connectivity index (χ0v) is 9.33. The molecule has 16 heavy (non-hydrogen) atoms. The van der Waals surface area contributed by atoms with Gasteiger partial charge in [0.05, 0.1) is 5.75 Å². The Hall–Kier alpha value is -1.15. The number of nitrogens with one attached hydrogen (secondary N) is 1. The van der Waals surface area contributed by atoms with Gasteiger partial charge in [-0.1, -0.05) is 6.42 Å². The van der Waals surface area contributed by atoms with Crippen LogP contribution in [0.2, 0.25) is 0 Å². The van der Waals surface area contributed by atoms with E-state index in [1.54, 1.807) is 0 Å². The van der Waals surface area contributed by atoms with Crippen molar-refractivity contribution in [1.82, 2.24) is 5.48 Å². The number of rotatable bonds is 4. The van der Waals surface area contributed by atoms with Crippen LogP contribution in [0.15, 0.2) is 0 Å². The molecule has 1 aliphatic heterocycles. The average Bonchev–Trinajstić information content (AvgIpc) is 2.16. The van der Waals surface area contributed by atoms with Crippen LogP contribution < -0.4 is 5.48 Å². The summed E-state index contributed by atoms with van der Waals surface area (Å²) >= 11 is 0. The van der Waals surface area contributed by atoms with Crippen LogP contribution in [-0.2, 0) is 24.3 Å². The zero-order valence-electron chi connectivity index (χ0n) is 8.51. The second-order valence-corrected chi connectivity index (χ2v) is 5.80. The maximum atomic E-state index is 11.5. The molecule has 1 amide bonds. The highest BCUT2D eigenvalue weighted by Crippen LogP contribution is 2.19. The van der Waals surface area contributed by atoms with E-state index >= 15 is 0 Å². The number of carbonyl (C=O) groups excluding carboxylic acids is 1. The van der Waals surface area contributed by atoms with Gasteiger partial charge >= 0.3 is 5.97 Å². The highest BCUT2D eigenvalue weighted by atomic mass is 32.2. The number of sulfone groups is 1. The summed E-state index contributed by atoms with van der Waals surface area (Å²) in [5.41, 5.74) is 1.84. The quantitative estimate of drug-likeness (QED) is 0.626. The number of hydrogen-bond donors (Lipinski definition) is 2. The molecule has 0 bridgehead atoms. The van der Waals surface area contributed by atoms with Gasteiger partial charge in [0, 0.05) is 0 Å². The Balaban J connectivity index is 2.49. The van der Waals surface area contributed by atoms with Crippen LogP contribution >= 0.6 is 0 Å². The molecule has 0 aliphatic carbocycles. The van der Waals surface area contributed by atoms with Crippen molar-refractivity contribution in [3.05, 3.63) is 0 Å². The van der Waals surface area contributed by atoms with E-state index in [2.05, 4.69) is 4.84 Å². The maximum Gasteiger partial charge on any atom is 0.332 e. The number of carboxylic acid groups (broad SMARTS) is 1. The van der Waals surface area contributed by atoms with Crippen LogP contribution in [0, 0.1) is 0 Å². The molecule has 7 nitrogen and oxygen atoms in total. The summed E-state index contributed by atoms with van der Waals surface area (Å²) in [7, 11) is -3.41. The molecule has 1 atom stereocenters. The minimum absolute atomic E-state index is 0.00990. The molecule has 0 saturated carbocycles. The van der Waals surface area contributed by atoms with E-state index in [0.29, 0.717) is 12.8 Å². The topological polar surface area (TPSA) is 110 Å². The molecule has 1 fully saturated rings. The number of hydroxylamine groups is 1. The van der Waals surface area contributed by atoms with Gasteiger partial charge in [-0.05, 0) is 12.8 Å². The van der Waals surface area contributed by atoms with Crippen LogP contribution in [0.1, 0.15) is 19.3 Å². The highest BCUT2D eigenvalue weighted by molar-refractivity contribution is 7.92. The van der Waals surface area contributed by atoms with Crippen LogP contribution in [0.3, 0.4) is 0 Å². The van der Waals surface area contributed by atoms with Gasteiger partial charge in [-0.2, -0.15) is 0 Å². The minimum atomic E-state index is -3.41. The second kappa shape index (κ2) is 5.26. The lowest BCUT2D eigenvalue weighted by molar-refractivity contribution is -0.149. The predicted octanol–water partition coefficient (Wildman–Crippen LogP) is -0.914. The summed E-state index contributed by atoms with van der Waals surface area (Å²) in [6.07, 6.45) is 1.48. The molecule has 0 aromatic heterocycles. The Kier molecular flexibility index (Phi) is 4.25. The number of carboxylic acids is 1. The summed E-state index contributed by atoms with van der Waals surface area (Å²) in [6, 6.07) is 0. The highest BCUT2D eigenvalue weighted by Gasteiger charge is 2.34. The molecule has 1 saturated heterocycles. The van der Waals surface area contributed by atoms with Gasteiger partial charge in [-0.15, -0.1) is 0 Å². The van der Waals surface area contributed by atoms with Crippen LogP contribution in [-0.4, -0.2) is 43.0 Å². The van der Waals surface area contributed by atoms with Gasteiger partial charge in [0.2, 0.25) is 0 Å². The molecule has 0 radical (unpaired) electrons. The monoisotopic (exact) mass is 251 g/mol. The molecule has 1 aliphatic rings. The van der Waals surface area contributed by atoms with Gasteiger partial charge in [-0.25, -0.2) is 18.7 Å². The van der Waals surface area contributed by atoms with Gasteiger partial charge in [-0.3, -0.25) is 9.63 Å². The second-order valence-electron chi connectivity index (χ2n) is 3.50. The SMILES string of the molecule is O=C(O)CONC(=O)C1CCCCS1(=O)=O. The van der Waals surface area contributed by atoms with Crippen LogP contribution in [0.25, 0.3) is 0 Å². The Morgan fingerprint density at radius 1 is 1.38 bits per heavy atom. The van der Waals surface area contributed by atoms with Crippen molar-refractivity contribution in [2.45, 2.75) is 24.5 Å². The average molecular weight is 251 g/mol. The van der Waals surface area contributed by atoms with Gasteiger partial charge in [0.25, 0.3) is 5.91 Å². The molecule has 0 aromatic rings. The Bertz CT molecular complexity index is 376. The molecule has 1 heterocycles. The number of amides is 1. The number of aliphatic carboxylic acids is 1. The Labute approximate surface area is 92.6 Å². The third-order valence-electron chi connectivity index (χ3n) is 2.24. The summed E-state index contributed by atoms with van der Waals surface area (Å²) in [4.78, 5) is 25.8. The molecule has 1 unspecified atom stereocenters. The smallest absolute Gasteiger partial charge is 0.332 e. The van der Waals surface area contributed by atoms with E-state index in [-0.39, 0.29) is 12.2 Å². The van der Waals surface area contributed by atoms with E-state index in [9.17, 15) is 18.0 Å². The summed E-state index contributed by atoms with van der Waals surface area (Å²) in [5, 5.41) is 7.13. The molecule has 0 aromatic carbocycles. The third kappa shape index (κ3) is 3.46. The van der Waals surface area contributed by atoms with Crippen molar-refractivity contribution in [3.63, 3.8) is 0 Å². The van der Waals surface area contributed by atoms with E-state index < -0.39 is 33.6 Å². The van der Waals surface area contributed by atoms with E-state index in [1.165, 1.54) is 0 Å².